The largest absolute Gasteiger partial charge is 0.487 e. The van der Waals surface area contributed by atoms with Crippen LogP contribution in [0.4, 0.5) is 0 Å². The lowest BCUT2D eigenvalue weighted by Gasteiger charge is -2.48. The molecular formula is C29H47O4P. The Hall–Kier alpha value is -1.09. The molecule has 0 unspecified atom stereocenters. The second kappa shape index (κ2) is 10.9. The smallest absolute Gasteiger partial charge is 0.361 e. The number of benzene rings is 1. The lowest BCUT2D eigenvalue weighted by atomic mass is 9.67. The quantitative estimate of drug-likeness (QED) is 0.177. The van der Waals surface area contributed by atoms with Gasteiger partial charge in [0, 0.05) is 11.5 Å². The van der Waals surface area contributed by atoms with Crippen molar-refractivity contribution in [1.29, 1.82) is 0 Å². The molecule has 1 aliphatic heterocycles. The molecule has 0 bridgehead atoms. The maximum atomic E-state index is 14.3. The first-order valence-electron chi connectivity index (χ1n) is 13.4. The molecule has 4 nitrogen and oxygen atoms in total. The van der Waals surface area contributed by atoms with Crippen LogP contribution in [0.1, 0.15) is 117 Å². The molecule has 0 fully saturated rings. The zero-order valence-electron chi connectivity index (χ0n) is 22.8. The second-order valence-corrected chi connectivity index (χ2v) is 13.3. The fourth-order valence-corrected chi connectivity index (χ4v) is 7.74. The summed E-state index contributed by atoms with van der Waals surface area (Å²) in [5.41, 5.74) is 3.24. The van der Waals surface area contributed by atoms with Crippen LogP contribution in [0.3, 0.4) is 0 Å². The summed E-state index contributed by atoms with van der Waals surface area (Å²) in [5.74, 6) is 1.44. The van der Waals surface area contributed by atoms with Crippen molar-refractivity contribution in [2.24, 2.45) is 5.92 Å². The van der Waals surface area contributed by atoms with Crippen molar-refractivity contribution in [3.63, 3.8) is 0 Å². The van der Waals surface area contributed by atoms with E-state index < -0.39 is 7.60 Å². The van der Waals surface area contributed by atoms with Crippen LogP contribution in [0.2, 0.25) is 0 Å². The number of unbranched alkanes of at least 4 members (excludes halogenated alkanes) is 3. The first-order chi connectivity index (χ1) is 16.0. The molecule has 5 heteroatoms. The zero-order chi connectivity index (χ0) is 25.1. The number of allylic oxidation sites excluding steroid dienone is 2. The molecule has 0 radical (unpaired) electrons. The summed E-state index contributed by atoms with van der Waals surface area (Å²) in [6.07, 6.45) is 10.3. The average molecular weight is 491 g/mol. The van der Waals surface area contributed by atoms with E-state index in [0.29, 0.717) is 19.1 Å². The lowest BCUT2D eigenvalue weighted by Crippen LogP contribution is -2.47. The van der Waals surface area contributed by atoms with Gasteiger partial charge in [-0.15, -0.1) is 0 Å². The predicted octanol–water partition coefficient (Wildman–Crippen LogP) is 8.44. The van der Waals surface area contributed by atoms with Gasteiger partial charge in [0.05, 0.1) is 18.5 Å². The monoisotopic (exact) mass is 490 g/mol. The Labute approximate surface area is 208 Å². The number of hydrogen-bond acceptors (Lipinski definition) is 4. The molecule has 1 aromatic rings. The van der Waals surface area contributed by atoms with Gasteiger partial charge in [0.25, 0.3) is 0 Å². The second-order valence-electron chi connectivity index (χ2n) is 11.3. The van der Waals surface area contributed by atoms with Crippen molar-refractivity contribution in [2.75, 3.05) is 13.2 Å². The number of hydrogen-bond donors (Lipinski definition) is 0. The Balaban J connectivity index is 2.19. The summed E-state index contributed by atoms with van der Waals surface area (Å²) >= 11 is 0. The van der Waals surface area contributed by atoms with E-state index in [-0.39, 0.29) is 16.9 Å². The summed E-state index contributed by atoms with van der Waals surface area (Å²) in [5, 5.41) is 0.727. The van der Waals surface area contributed by atoms with Crippen molar-refractivity contribution in [3.05, 3.63) is 34.9 Å². The van der Waals surface area contributed by atoms with Crippen molar-refractivity contribution >= 4 is 12.9 Å². The van der Waals surface area contributed by atoms with E-state index in [4.69, 9.17) is 13.8 Å². The van der Waals surface area contributed by atoms with Crippen LogP contribution >= 0.6 is 7.60 Å². The van der Waals surface area contributed by atoms with Gasteiger partial charge in [-0.3, -0.25) is 4.57 Å². The van der Waals surface area contributed by atoms with E-state index in [1.54, 1.807) is 0 Å². The Morgan fingerprint density at radius 3 is 2.38 bits per heavy atom. The fraction of sp³-hybridized carbons (Fsp3) is 0.724. The summed E-state index contributed by atoms with van der Waals surface area (Å²) in [6.45, 7) is 17.9. The zero-order valence-corrected chi connectivity index (χ0v) is 23.7. The average Bonchev–Trinajstić information content (AvgIpc) is 2.75. The SMILES string of the molecule is CCCCCCC(C)(C)c1cc2c(c(P(=O)(OCC)OCC)c1)[C@@H]1CC(C)=CC[C@H]1C(C)(C)O2. The molecule has 1 aliphatic carbocycles. The van der Waals surface area contributed by atoms with Crippen molar-refractivity contribution < 1.29 is 18.3 Å². The Morgan fingerprint density at radius 1 is 1.09 bits per heavy atom. The van der Waals surface area contributed by atoms with Crippen LogP contribution in [0.15, 0.2) is 23.8 Å². The standard InChI is InChI=1S/C29H47O4P/c1-9-12-13-14-17-28(5,6)22-19-25-27(26(20-22)34(30,31-10-2)32-11-3)23-18-21(4)15-16-24(23)29(7,8)33-25/h15,19-20,23-24H,9-14,16-18H2,1-8H3/t23-,24-/m1/s1. The van der Waals surface area contributed by atoms with Gasteiger partial charge in [0.15, 0.2) is 0 Å². The van der Waals surface area contributed by atoms with Gasteiger partial charge in [0.1, 0.15) is 11.4 Å². The molecular weight excluding hydrogens is 443 g/mol. The highest BCUT2D eigenvalue weighted by molar-refractivity contribution is 7.62. The summed E-state index contributed by atoms with van der Waals surface area (Å²) in [4.78, 5) is 0. The molecule has 2 atom stereocenters. The Morgan fingerprint density at radius 2 is 1.76 bits per heavy atom. The van der Waals surface area contributed by atoms with Crippen LogP contribution in [-0.4, -0.2) is 18.8 Å². The number of fused-ring (bicyclic) bond motifs is 3. The van der Waals surface area contributed by atoms with Crippen LogP contribution in [0.5, 0.6) is 5.75 Å². The maximum absolute atomic E-state index is 14.3. The van der Waals surface area contributed by atoms with Crippen LogP contribution in [0, 0.1) is 5.92 Å². The van der Waals surface area contributed by atoms with E-state index >= 15 is 0 Å². The molecule has 0 amide bonds. The number of rotatable bonds is 11. The molecule has 34 heavy (non-hydrogen) atoms. The number of ether oxygens (including phenoxy) is 1. The third-order valence-corrected chi connectivity index (χ3v) is 9.99. The summed E-state index contributed by atoms with van der Waals surface area (Å²) in [6, 6.07) is 4.36. The molecule has 1 heterocycles. The lowest BCUT2D eigenvalue weighted by molar-refractivity contribution is 0.00870. The molecule has 0 saturated carbocycles. The fourth-order valence-electron chi connectivity index (χ4n) is 5.84. The maximum Gasteiger partial charge on any atom is 0.361 e. The van der Waals surface area contributed by atoms with E-state index in [2.05, 4.69) is 59.8 Å². The molecule has 0 spiro atoms. The predicted molar refractivity (Wildman–Crippen MR) is 143 cm³/mol. The van der Waals surface area contributed by atoms with Gasteiger partial charge < -0.3 is 13.8 Å². The molecule has 192 valence electrons. The van der Waals surface area contributed by atoms with Gasteiger partial charge in [-0.2, -0.15) is 0 Å². The first-order valence-corrected chi connectivity index (χ1v) is 15.0. The highest BCUT2D eigenvalue weighted by Gasteiger charge is 2.48. The third-order valence-electron chi connectivity index (χ3n) is 7.83. The van der Waals surface area contributed by atoms with E-state index in [1.807, 2.05) is 13.8 Å². The Kier molecular flexibility index (Phi) is 8.81. The summed E-state index contributed by atoms with van der Waals surface area (Å²) in [7, 11) is -3.49. The molecule has 1 aromatic carbocycles. The molecule has 2 aliphatic rings. The van der Waals surface area contributed by atoms with Crippen molar-refractivity contribution in [1.82, 2.24) is 0 Å². The van der Waals surface area contributed by atoms with E-state index in [1.165, 1.54) is 31.3 Å². The highest BCUT2D eigenvalue weighted by Crippen LogP contribution is 2.57. The summed E-state index contributed by atoms with van der Waals surface area (Å²) < 4.78 is 32.9. The topological polar surface area (TPSA) is 44.8 Å². The third kappa shape index (κ3) is 5.66. The Bertz CT molecular complexity index is 920. The minimum atomic E-state index is -3.49. The minimum Gasteiger partial charge on any atom is -0.487 e. The van der Waals surface area contributed by atoms with Crippen LogP contribution < -0.4 is 10.0 Å². The van der Waals surface area contributed by atoms with Gasteiger partial charge in [-0.05, 0) is 82.9 Å². The van der Waals surface area contributed by atoms with Crippen molar-refractivity contribution in [2.45, 2.75) is 117 Å². The van der Waals surface area contributed by atoms with Crippen LogP contribution in [0.25, 0.3) is 0 Å². The van der Waals surface area contributed by atoms with Crippen LogP contribution in [-0.2, 0) is 19.0 Å². The van der Waals surface area contributed by atoms with E-state index in [0.717, 1.165) is 41.4 Å². The highest BCUT2D eigenvalue weighted by atomic mass is 31.2. The van der Waals surface area contributed by atoms with E-state index in [9.17, 15) is 4.57 Å². The normalized spacial score (nSPS) is 21.9. The van der Waals surface area contributed by atoms with Gasteiger partial charge in [0.2, 0.25) is 0 Å². The van der Waals surface area contributed by atoms with Gasteiger partial charge in [-0.1, -0.05) is 58.1 Å². The molecule has 0 N–H and O–H groups in total. The molecule has 0 aromatic heterocycles. The van der Waals surface area contributed by atoms with Gasteiger partial charge in [-0.25, -0.2) is 0 Å². The minimum absolute atomic E-state index is 0.0620. The molecule has 0 saturated heterocycles. The molecule has 3 rings (SSSR count). The first kappa shape index (κ1) is 27.5. The van der Waals surface area contributed by atoms with Gasteiger partial charge >= 0.3 is 7.60 Å². The van der Waals surface area contributed by atoms with Crippen molar-refractivity contribution in [3.8, 4) is 5.75 Å².